The Morgan fingerprint density at radius 2 is 2.39 bits per heavy atom. The number of nitrogens with one attached hydrogen (secondary N) is 2. The Kier molecular flexibility index (Phi) is 4.36. The van der Waals surface area contributed by atoms with Crippen LogP contribution in [0.3, 0.4) is 0 Å². The van der Waals surface area contributed by atoms with Gasteiger partial charge in [0.15, 0.2) is 4.60 Å². The molecule has 1 aliphatic heterocycles. The van der Waals surface area contributed by atoms with Crippen LogP contribution in [0, 0.1) is 0 Å². The summed E-state index contributed by atoms with van der Waals surface area (Å²) >= 11 is 3.09. The third-order valence-electron chi connectivity index (χ3n) is 2.94. The fourth-order valence-corrected chi connectivity index (χ4v) is 4.18. The summed E-state index contributed by atoms with van der Waals surface area (Å²) in [5.41, 5.74) is 0. The van der Waals surface area contributed by atoms with Gasteiger partial charge >= 0.3 is 0 Å². The average molecular weight is 338 g/mol. The molecule has 0 bridgehead atoms. The Bertz CT molecular complexity index is 490. The molecule has 1 aromatic rings. The predicted octanol–water partition coefficient (Wildman–Crippen LogP) is -0.00200. The lowest BCUT2D eigenvalue weighted by Gasteiger charge is -2.11. The number of sulfonamides is 1. The van der Waals surface area contributed by atoms with Crippen LogP contribution in [0.5, 0.6) is 0 Å². The van der Waals surface area contributed by atoms with E-state index in [0.717, 1.165) is 25.8 Å². The molecule has 0 amide bonds. The monoisotopic (exact) mass is 337 g/mol. The van der Waals surface area contributed by atoms with E-state index >= 15 is 0 Å². The summed E-state index contributed by atoms with van der Waals surface area (Å²) in [4.78, 5) is 0. The Labute approximate surface area is 115 Å². The third kappa shape index (κ3) is 3.08. The minimum atomic E-state index is -3.56. The van der Waals surface area contributed by atoms with Gasteiger partial charge < -0.3 is 5.32 Å². The van der Waals surface area contributed by atoms with Crippen molar-refractivity contribution in [3.05, 3.63) is 4.60 Å². The molecule has 18 heavy (non-hydrogen) atoms. The van der Waals surface area contributed by atoms with Crippen molar-refractivity contribution in [1.29, 1.82) is 0 Å². The van der Waals surface area contributed by atoms with E-state index in [0.29, 0.717) is 12.6 Å². The zero-order chi connectivity index (χ0) is 13.2. The summed E-state index contributed by atoms with van der Waals surface area (Å²) in [5, 5.41) is 10.7. The summed E-state index contributed by atoms with van der Waals surface area (Å²) in [6, 6.07) is 0.417. The number of aryl methyl sites for hydroxylation is 1. The highest BCUT2D eigenvalue weighted by Crippen LogP contribution is 2.17. The van der Waals surface area contributed by atoms with Crippen molar-refractivity contribution in [2.24, 2.45) is 7.05 Å². The molecule has 2 heterocycles. The molecule has 0 unspecified atom stereocenters. The Hall–Kier alpha value is -0.510. The second-order valence-corrected chi connectivity index (χ2v) is 6.72. The van der Waals surface area contributed by atoms with Crippen molar-refractivity contribution >= 4 is 26.0 Å². The summed E-state index contributed by atoms with van der Waals surface area (Å²) in [6.07, 6.45) is 3.06. The van der Waals surface area contributed by atoms with E-state index in [-0.39, 0.29) is 9.63 Å². The smallest absolute Gasteiger partial charge is 0.260 e. The topological polar surface area (TPSA) is 88.9 Å². The SMILES string of the molecule is Cn1nnc(Br)c1S(=O)(=O)NCC[C@H]1CCCN1. The highest BCUT2D eigenvalue weighted by molar-refractivity contribution is 9.10. The van der Waals surface area contributed by atoms with Crippen molar-refractivity contribution in [3.8, 4) is 0 Å². The largest absolute Gasteiger partial charge is 0.314 e. The van der Waals surface area contributed by atoms with Gasteiger partial charge in [-0.1, -0.05) is 5.21 Å². The van der Waals surface area contributed by atoms with E-state index < -0.39 is 10.0 Å². The second-order valence-electron chi connectivity index (χ2n) is 4.29. The first-order chi connectivity index (χ1) is 8.50. The molecule has 1 saturated heterocycles. The van der Waals surface area contributed by atoms with Gasteiger partial charge in [-0.3, -0.25) is 0 Å². The number of rotatable bonds is 5. The van der Waals surface area contributed by atoms with Crippen molar-refractivity contribution < 1.29 is 8.42 Å². The average Bonchev–Trinajstić information content (AvgIpc) is 2.89. The number of nitrogens with zero attached hydrogens (tertiary/aromatic N) is 3. The van der Waals surface area contributed by atoms with Crippen LogP contribution in [0.4, 0.5) is 0 Å². The van der Waals surface area contributed by atoms with E-state index in [1.54, 1.807) is 7.05 Å². The maximum absolute atomic E-state index is 12.0. The van der Waals surface area contributed by atoms with Gasteiger partial charge in [0.1, 0.15) is 0 Å². The Balaban J connectivity index is 1.95. The first-order valence-electron chi connectivity index (χ1n) is 5.79. The number of aromatic nitrogens is 3. The molecule has 0 saturated carbocycles. The van der Waals surface area contributed by atoms with Gasteiger partial charge in [0.05, 0.1) is 0 Å². The van der Waals surface area contributed by atoms with Crippen molar-refractivity contribution in [2.45, 2.75) is 30.3 Å². The van der Waals surface area contributed by atoms with Gasteiger partial charge in [-0.2, -0.15) is 0 Å². The Morgan fingerprint density at radius 1 is 1.61 bits per heavy atom. The first-order valence-corrected chi connectivity index (χ1v) is 8.06. The summed E-state index contributed by atoms with van der Waals surface area (Å²) in [5.74, 6) is 0. The zero-order valence-corrected chi connectivity index (χ0v) is 12.5. The molecule has 1 aromatic heterocycles. The fourth-order valence-electron chi connectivity index (χ4n) is 2.05. The van der Waals surface area contributed by atoms with Crippen LogP contribution in [0.25, 0.3) is 0 Å². The number of hydrogen-bond acceptors (Lipinski definition) is 5. The van der Waals surface area contributed by atoms with Crippen molar-refractivity contribution in [1.82, 2.24) is 25.0 Å². The minimum Gasteiger partial charge on any atom is -0.314 e. The van der Waals surface area contributed by atoms with Gasteiger partial charge in [-0.15, -0.1) is 5.10 Å². The Morgan fingerprint density at radius 3 is 2.94 bits per heavy atom. The molecule has 0 aliphatic carbocycles. The van der Waals surface area contributed by atoms with Crippen LogP contribution in [0.15, 0.2) is 9.63 Å². The molecule has 2 rings (SSSR count). The third-order valence-corrected chi connectivity index (χ3v) is 5.29. The molecule has 1 fully saturated rings. The molecule has 9 heteroatoms. The van der Waals surface area contributed by atoms with Gasteiger partial charge in [0.2, 0.25) is 5.03 Å². The van der Waals surface area contributed by atoms with Crippen LogP contribution >= 0.6 is 15.9 Å². The van der Waals surface area contributed by atoms with E-state index in [1.807, 2.05) is 0 Å². The van der Waals surface area contributed by atoms with E-state index in [1.165, 1.54) is 4.68 Å². The molecule has 7 nitrogen and oxygen atoms in total. The summed E-state index contributed by atoms with van der Waals surface area (Å²) in [6.45, 7) is 1.44. The van der Waals surface area contributed by atoms with Gasteiger partial charge in [0.25, 0.3) is 10.0 Å². The molecular formula is C9H16BrN5O2S. The first kappa shape index (κ1) is 13.9. The van der Waals surface area contributed by atoms with Crippen LogP contribution in [0.2, 0.25) is 0 Å². The molecular weight excluding hydrogens is 322 g/mol. The normalized spacial score (nSPS) is 20.4. The summed E-state index contributed by atoms with van der Waals surface area (Å²) < 4.78 is 28.1. The molecule has 1 atom stereocenters. The van der Waals surface area contributed by atoms with Crippen molar-refractivity contribution in [2.75, 3.05) is 13.1 Å². The van der Waals surface area contributed by atoms with Gasteiger partial charge in [-0.25, -0.2) is 17.8 Å². The lowest BCUT2D eigenvalue weighted by Crippen LogP contribution is -2.31. The maximum atomic E-state index is 12.0. The zero-order valence-electron chi connectivity index (χ0n) is 10.1. The lowest BCUT2D eigenvalue weighted by atomic mass is 10.2. The van der Waals surface area contributed by atoms with Gasteiger partial charge in [-0.05, 0) is 41.7 Å². The minimum absolute atomic E-state index is 0.0573. The number of halogens is 1. The van der Waals surface area contributed by atoms with Crippen LogP contribution in [-0.4, -0.2) is 42.5 Å². The van der Waals surface area contributed by atoms with Crippen LogP contribution in [-0.2, 0) is 17.1 Å². The van der Waals surface area contributed by atoms with Crippen LogP contribution < -0.4 is 10.0 Å². The molecule has 1 aliphatic rings. The van der Waals surface area contributed by atoms with Gasteiger partial charge in [0, 0.05) is 19.6 Å². The maximum Gasteiger partial charge on any atom is 0.260 e. The molecule has 0 radical (unpaired) electrons. The fraction of sp³-hybridized carbons (Fsp3) is 0.778. The predicted molar refractivity (Wildman–Crippen MR) is 69.5 cm³/mol. The quantitative estimate of drug-likeness (QED) is 0.789. The molecule has 2 N–H and O–H groups in total. The van der Waals surface area contributed by atoms with E-state index in [9.17, 15) is 8.42 Å². The highest BCUT2D eigenvalue weighted by atomic mass is 79.9. The van der Waals surface area contributed by atoms with Crippen LogP contribution in [0.1, 0.15) is 19.3 Å². The van der Waals surface area contributed by atoms with E-state index in [2.05, 4.69) is 36.3 Å². The summed E-state index contributed by atoms with van der Waals surface area (Å²) in [7, 11) is -2.01. The van der Waals surface area contributed by atoms with Crippen molar-refractivity contribution in [3.63, 3.8) is 0 Å². The molecule has 102 valence electrons. The lowest BCUT2D eigenvalue weighted by molar-refractivity contribution is 0.532. The molecule has 0 spiro atoms. The standard InChI is InChI=1S/C9H16BrN5O2S/c1-15-9(8(10)13-14-15)18(16,17)12-6-4-7-3-2-5-11-7/h7,11-12H,2-6H2,1H3/t7-/m1/s1. The van der Waals surface area contributed by atoms with E-state index in [4.69, 9.17) is 0 Å². The second kappa shape index (κ2) is 5.64. The number of hydrogen-bond donors (Lipinski definition) is 2. The molecule has 0 aromatic carbocycles. The highest BCUT2D eigenvalue weighted by Gasteiger charge is 2.24.